The number of nitrogens with zero attached hydrogens (tertiary/aromatic N) is 4. The Balaban J connectivity index is 1.41. The largest absolute Gasteiger partial charge is 0.493 e. The Morgan fingerprint density at radius 2 is 1.72 bits per heavy atom. The average Bonchev–Trinajstić information content (AvgIpc) is 2.83. The minimum absolute atomic E-state index is 0.539. The number of hydrogen-bond donors (Lipinski definition) is 1. The van der Waals surface area contributed by atoms with Gasteiger partial charge in [0.25, 0.3) is 0 Å². The molecule has 0 bridgehead atoms. The summed E-state index contributed by atoms with van der Waals surface area (Å²) in [6.07, 6.45) is 1.58. The number of hydrogen-bond acceptors (Lipinski definition) is 6. The Morgan fingerprint density at radius 1 is 1.00 bits per heavy atom. The molecule has 2 heterocycles. The molecule has 3 aromatic rings. The van der Waals surface area contributed by atoms with Crippen molar-refractivity contribution in [1.29, 1.82) is 0 Å². The topological polar surface area (TPSA) is 62.8 Å². The fourth-order valence-corrected chi connectivity index (χ4v) is 4.26. The maximum absolute atomic E-state index is 6.10. The molecule has 0 unspecified atom stereocenters. The Hall–Kier alpha value is -2.55. The van der Waals surface area contributed by atoms with Crippen molar-refractivity contribution in [3.05, 3.63) is 52.3 Å². The molecule has 168 valence electrons. The van der Waals surface area contributed by atoms with E-state index in [4.69, 9.17) is 44.9 Å². The molecule has 2 aromatic carbocycles. The molecule has 0 spiro atoms. The highest BCUT2D eigenvalue weighted by Crippen LogP contribution is 2.35. The molecule has 0 atom stereocenters. The van der Waals surface area contributed by atoms with E-state index in [0.717, 1.165) is 53.6 Å². The second-order valence-electron chi connectivity index (χ2n) is 7.30. The number of rotatable bonds is 5. The van der Waals surface area contributed by atoms with Gasteiger partial charge in [-0.3, -0.25) is 0 Å². The molecule has 1 saturated heterocycles. The standard InChI is InChI=1S/C22H23Cl2N5O2S/c1-30-19-10-15-18(11-20(19)31-2)26-13-27-21(15)28-5-7-29(8-6-28)22(32)25-12-14-3-4-16(23)17(24)9-14/h3-4,9-11,13H,5-8,12H2,1-2H3,(H,25,32). The number of benzene rings is 2. The van der Waals surface area contributed by atoms with Gasteiger partial charge < -0.3 is 24.6 Å². The second-order valence-corrected chi connectivity index (χ2v) is 8.50. The van der Waals surface area contributed by atoms with E-state index in [9.17, 15) is 0 Å². The molecule has 0 saturated carbocycles. The van der Waals surface area contributed by atoms with Crippen LogP contribution >= 0.6 is 35.4 Å². The quantitative estimate of drug-likeness (QED) is 0.534. The van der Waals surface area contributed by atoms with Crippen LogP contribution in [0.4, 0.5) is 5.82 Å². The van der Waals surface area contributed by atoms with E-state index >= 15 is 0 Å². The number of aromatic nitrogens is 2. The zero-order valence-corrected chi connectivity index (χ0v) is 20.1. The molecule has 32 heavy (non-hydrogen) atoms. The molecule has 0 aliphatic carbocycles. The monoisotopic (exact) mass is 491 g/mol. The number of methoxy groups -OCH3 is 2. The van der Waals surface area contributed by atoms with Crippen LogP contribution in [0.15, 0.2) is 36.7 Å². The van der Waals surface area contributed by atoms with Crippen LogP contribution in [0.3, 0.4) is 0 Å². The first-order valence-electron chi connectivity index (χ1n) is 10.1. The van der Waals surface area contributed by atoms with Gasteiger partial charge in [-0.25, -0.2) is 9.97 Å². The summed E-state index contributed by atoms with van der Waals surface area (Å²) in [5.74, 6) is 2.18. The third-order valence-electron chi connectivity index (χ3n) is 5.41. The van der Waals surface area contributed by atoms with E-state index in [2.05, 4.69) is 25.1 Å². The predicted molar refractivity (Wildman–Crippen MR) is 132 cm³/mol. The van der Waals surface area contributed by atoms with Crippen molar-refractivity contribution < 1.29 is 9.47 Å². The number of piperazine rings is 1. The van der Waals surface area contributed by atoms with Crippen LogP contribution in [0, 0.1) is 0 Å². The highest BCUT2D eigenvalue weighted by molar-refractivity contribution is 7.80. The Labute approximate surface area is 202 Å². The molecule has 1 aliphatic rings. The normalized spacial score (nSPS) is 13.9. The van der Waals surface area contributed by atoms with Crippen LogP contribution in [0.1, 0.15) is 5.56 Å². The molecule has 0 amide bonds. The highest BCUT2D eigenvalue weighted by Gasteiger charge is 2.22. The fraction of sp³-hybridized carbons (Fsp3) is 0.318. The van der Waals surface area contributed by atoms with E-state index in [-0.39, 0.29) is 0 Å². The third kappa shape index (κ3) is 4.77. The van der Waals surface area contributed by atoms with Crippen LogP contribution in [0.25, 0.3) is 10.9 Å². The highest BCUT2D eigenvalue weighted by atomic mass is 35.5. The van der Waals surface area contributed by atoms with Gasteiger partial charge >= 0.3 is 0 Å². The lowest BCUT2D eigenvalue weighted by molar-refractivity contribution is 0.355. The fourth-order valence-electron chi connectivity index (χ4n) is 3.68. The Morgan fingerprint density at radius 3 is 2.41 bits per heavy atom. The molecule has 1 N–H and O–H groups in total. The van der Waals surface area contributed by atoms with E-state index < -0.39 is 0 Å². The minimum atomic E-state index is 0.539. The number of nitrogens with one attached hydrogen (secondary N) is 1. The molecule has 10 heteroatoms. The minimum Gasteiger partial charge on any atom is -0.493 e. The molecule has 4 rings (SSSR count). The second kappa shape index (κ2) is 9.94. The smallest absolute Gasteiger partial charge is 0.169 e. The number of thiocarbonyl (C=S) groups is 1. The average molecular weight is 492 g/mol. The van der Waals surface area contributed by atoms with Gasteiger partial charge in [0.2, 0.25) is 0 Å². The summed E-state index contributed by atoms with van der Waals surface area (Å²) in [7, 11) is 3.24. The van der Waals surface area contributed by atoms with Crippen molar-refractivity contribution in [1.82, 2.24) is 20.2 Å². The number of fused-ring (bicyclic) bond motifs is 1. The van der Waals surface area contributed by atoms with Gasteiger partial charge in [-0.15, -0.1) is 0 Å². The van der Waals surface area contributed by atoms with E-state index in [1.807, 2.05) is 24.3 Å². The summed E-state index contributed by atoms with van der Waals surface area (Å²) >= 11 is 17.7. The van der Waals surface area contributed by atoms with Crippen molar-refractivity contribution in [3.8, 4) is 11.5 Å². The van der Waals surface area contributed by atoms with Crippen LogP contribution < -0.4 is 19.7 Å². The lowest BCUT2D eigenvalue weighted by Gasteiger charge is -2.37. The van der Waals surface area contributed by atoms with Crippen LogP contribution in [0.2, 0.25) is 10.0 Å². The molecular weight excluding hydrogens is 469 g/mol. The zero-order chi connectivity index (χ0) is 22.7. The Kier molecular flexibility index (Phi) is 7.03. The summed E-state index contributed by atoms with van der Waals surface area (Å²) in [6, 6.07) is 9.38. The summed E-state index contributed by atoms with van der Waals surface area (Å²) in [6.45, 7) is 3.73. The van der Waals surface area contributed by atoms with Crippen molar-refractivity contribution in [2.24, 2.45) is 0 Å². The van der Waals surface area contributed by atoms with Crippen LogP contribution in [-0.4, -0.2) is 60.4 Å². The van der Waals surface area contributed by atoms with E-state index in [1.165, 1.54) is 0 Å². The summed E-state index contributed by atoms with van der Waals surface area (Å²) in [5, 5.41) is 6.04. The lowest BCUT2D eigenvalue weighted by atomic mass is 10.2. The zero-order valence-electron chi connectivity index (χ0n) is 17.8. The van der Waals surface area contributed by atoms with Crippen LogP contribution in [0.5, 0.6) is 11.5 Å². The first-order valence-corrected chi connectivity index (χ1v) is 11.2. The number of ether oxygens (including phenoxy) is 2. The maximum atomic E-state index is 6.10. The molecular formula is C22H23Cl2N5O2S. The van der Waals surface area contributed by atoms with Gasteiger partial charge in [-0.2, -0.15) is 0 Å². The molecule has 1 aliphatic heterocycles. The summed E-state index contributed by atoms with van der Waals surface area (Å²) in [4.78, 5) is 13.4. The Bertz CT molecular complexity index is 1140. The van der Waals surface area contributed by atoms with E-state index in [1.54, 1.807) is 26.6 Å². The first kappa shape index (κ1) is 22.6. The van der Waals surface area contributed by atoms with E-state index in [0.29, 0.717) is 28.1 Å². The van der Waals surface area contributed by atoms with Gasteiger partial charge in [-0.05, 0) is 36.0 Å². The van der Waals surface area contributed by atoms with Gasteiger partial charge in [0, 0.05) is 44.2 Å². The number of anilines is 1. The van der Waals surface area contributed by atoms with Crippen molar-refractivity contribution >= 4 is 57.3 Å². The van der Waals surface area contributed by atoms with Gasteiger partial charge in [-0.1, -0.05) is 29.3 Å². The molecule has 0 radical (unpaired) electrons. The molecule has 7 nitrogen and oxygen atoms in total. The third-order valence-corrected chi connectivity index (χ3v) is 6.56. The van der Waals surface area contributed by atoms with Crippen molar-refractivity contribution in [2.75, 3.05) is 45.3 Å². The van der Waals surface area contributed by atoms with Crippen molar-refractivity contribution in [3.63, 3.8) is 0 Å². The van der Waals surface area contributed by atoms with Gasteiger partial charge in [0.1, 0.15) is 12.1 Å². The predicted octanol–water partition coefficient (Wildman–Crippen LogP) is 4.15. The van der Waals surface area contributed by atoms with Crippen LogP contribution in [-0.2, 0) is 6.54 Å². The maximum Gasteiger partial charge on any atom is 0.169 e. The molecule has 1 aromatic heterocycles. The number of halogens is 2. The first-order chi connectivity index (χ1) is 15.5. The summed E-state index contributed by atoms with van der Waals surface area (Å²) in [5.41, 5.74) is 1.84. The SMILES string of the molecule is COc1cc2ncnc(N3CCN(C(=S)NCc4ccc(Cl)c(Cl)c4)CC3)c2cc1OC. The van der Waals surface area contributed by atoms with Gasteiger partial charge in [0.05, 0.1) is 29.8 Å². The molecule has 1 fully saturated rings. The van der Waals surface area contributed by atoms with Crippen molar-refractivity contribution in [2.45, 2.75) is 6.54 Å². The lowest BCUT2D eigenvalue weighted by Crippen LogP contribution is -2.51. The summed E-state index contributed by atoms with van der Waals surface area (Å²) < 4.78 is 10.9. The van der Waals surface area contributed by atoms with Gasteiger partial charge in [0.15, 0.2) is 16.6 Å².